The van der Waals surface area contributed by atoms with Crippen LogP contribution in [0.3, 0.4) is 0 Å². The van der Waals surface area contributed by atoms with Gasteiger partial charge < -0.3 is 20.1 Å². The average Bonchev–Trinajstić information content (AvgIpc) is 2.74. The van der Waals surface area contributed by atoms with E-state index in [1.165, 1.54) is 12.1 Å². The number of amides is 1. The number of anilines is 2. The van der Waals surface area contributed by atoms with E-state index in [1.807, 2.05) is 18.2 Å². The molecule has 3 aromatic rings. The minimum absolute atomic E-state index is 0.166. The van der Waals surface area contributed by atoms with Gasteiger partial charge in [-0.2, -0.15) is 0 Å². The van der Waals surface area contributed by atoms with Gasteiger partial charge in [0.1, 0.15) is 11.6 Å². The summed E-state index contributed by atoms with van der Waals surface area (Å²) in [7, 11) is 3.19. The molecule has 0 saturated carbocycles. The van der Waals surface area contributed by atoms with Gasteiger partial charge in [0.2, 0.25) is 5.91 Å². The van der Waals surface area contributed by atoms with E-state index in [0.29, 0.717) is 29.5 Å². The van der Waals surface area contributed by atoms with Crippen LogP contribution >= 0.6 is 0 Å². The summed E-state index contributed by atoms with van der Waals surface area (Å²) in [4.78, 5) is 16.4. The molecule has 29 heavy (non-hydrogen) atoms. The van der Waals surface area contributed by atoms with Crippen molar-refractivity contribution >= 4 is 17.4 Å². The molecule has 2 aromatic carbocycles. The van der Waals surface area contributed by atoms with Gasteiger partial charge in [-0.15, -0.1) is 0 Å². The Morgan fingerprint density at radius 1 is 0.966 bits per heavy atom. The molecule has 0 saturated heterocycles. The Hall–Kier alpha value is -3.61. The lowest BCUT2D eigenvalue weighted by Crippen LogP contribution is -2.14. The van der Waals surface area contributed by atoms with Crippen LogP contribution in [0.4, 0.5) is 15.9 Å². The zero-order valence-corrected chi connectivity index (χ0v) is 16.2. The first-order valence-electron chi connectivity index (χ1n) is 9.02. The summed E-state index contributed by atoms with van der Waals surface area (Å²) < 4.78 is 23.5. The lowest BCUT2D eigenvalue weighted by Gasteiger charge is -2.11. The first-order chi connectivity index (χ1) is 14.1. The summed E-state index contributed by atoms with van der Waals surface area (Å²) >= 11 is 0. The summed E-state index contributed by atoms with van der Waals surface area (Å²) in [6.07, 6.45) is 1.75. The van der Waals surface area contributed by atoms with Gasteiger partial charge in [-0.3, -0.25) is 4.79 Å². The average molecular weight is 395 g/mol. The Morgan fingerprint density at radius 2 is 1.69 bits per heavy atom. The third-order valence-electron chi connectivity index (χ3n) is 4.25. The first kappa shape index (κ1) is 20.1. The second-order valence-corrected chi connectivity index (χ2v) is 6.33. The highest BCUT2D eigenvalue weighted by Crippen LogP contribution is 2.27. The van der Waals surface area contributed by atoms with Crippen molar-refractivity contribution in [3.8, 4) is 11.5 Å². The molecule has 1 amide bonds. The van der Waals surface area contributed by atoms with Gasteiger partial charge in [0.15, 0.2) is 11.5 Å². The summed E-state index contributed by atoms with van der Waals surface area (Å²) in [5.41, 5.74) is 2.35. The molecular formula is C22H22FN3O3. The van der Waals surface area contributed by atoms with Crippen LogP contribution in [0.1, 0.15) is 11.1 Å². The molecule has 6 nitrogen and oxygen atoms in total. The van der Waals surface area contributed by atoms with E-state index in [0.717, 1.165) is 11.1 Å². The molecule has 0 radical (unpaired) electrons. The predicted octanol–water partition coefficient (Wildman–Crippen LogP) is 4.03. The lowest BCUT2D eigenvalue weighted by atomic mass is 10.1. The van der Waals surface area contributed by atoms with Crippen LogP contribution in [-0.4, -0.2) is 25.1 Å². The van der Waals surface area contributed by atoms with Crippen molar-refractivity contribution in [2.45, 2.75) is 13.0 Å². The van der Waals surface area contributed by atoms with Gasteiger partial charge in [0.25, 0.3) is 0 Å². The Labute approximate surface area is 168 Å². The number of halogens is 1. The SMILES string of the molecule is COc1ccc(CNc2ccc(NC(=O)Cc3ccc(F)cc3)cn2)cc1OC. The number of carbonyl (C=O) groups is 1. The fourth-order valence-electron chi connectivity index (χ4n) is 2.75. The van der Waals surface area contributed by atoms with E-state index in [-0.39, 0.29) is 18.1 Å². The second-order valence-electron chi connectivity index (χ2n) is 6.33. The summed E-state index contributed by atoms with van der Waals surface area (Å²) in [5.74, 6) is 1.50. The number of methoxy groups -OCH3 is 2. The highest BCUT2D eigenvalue weighted by atomic mass is 19.1. The molecule has 0 aliphatic carbocycles. The molecule has 2 N–H and O–H groups in total. The fraction of sp³-hybridized carbons (Fsp3) is 0.182. The van der Waals surface area contributed by atoms with Crippen LogP contribution in [0.2, 0.25) is 0 Å². The standard InChI is InChI=1S/C22H22FN3O3/c1-28-19-9-5-16(11-20(19)29-2)13-24-21-10-8-18(14-25-21)26-22(27)12-15-3-6-17(23)7-4-15/h3-11,14H,12-13H2,1-2H3,(H,24,25)(H,26,27). The van der Waals surface area contributed by atoms with E-state index < -0.39 is 0 Å². The van der Waals surface area contributed by atoms with Crippen LogP contribution < -0.4 is 20.1 Å². The molecule has 0 aliphatic rings. The summed E-state index contributed by atoms with van der Waals surface area (Å²) in [6.45, 7) is 0.559. The molecule has 150 valence electrons. The molecule has 1 heterocycles. The van der Waals surface area contributed by atoms with E-state index in [9.17, 15) is 9.18 Å². The fourth-order valence-corrected chi connectivity index (χ4v) is 2.75. The largest absolute Gasteiger partial charge is 0.493 e. The van der Waals surface area contributed by atoms with E-state index in [1.54, 1.807) is 44.7 Å². The number of nitrogens with one attached hydrogen (secondary N) is 2. The predicted molar refractivity (Wildman–Crippen MR) is 110 cm³/mol. The zero-order chi connectivity index (χ0) is 20.6. The molecule has 1 aromatic heterocycles. The smallest absolute Gasteiger partial charge is 0.228 e. The van der Waals surface area contributed by atoms with E-state index in [4.69, 9.17) is 9.47 Å². The van der Waals surface area contributed by atoms with Gasteiger partial charge in [-0.1, -0.05) is 18.2 Å². The van der Waals surface area contributed by atoms with Crippen LogP contribution in [0.15, 0.2) is 60.8 Å². The maximum absolute atomic E-state index is 12.9. The Morgan fingerprint density at radius 3 is 2.34 bits per heavy atom. The molecule has 0 fully saturated rings. The van der Waals surface area contributed by atoms with Crippen LogP contribution in [-0.2, 0) is 17.8 Å². The van der Waals surface area contributed by atoms with Crippen LogP contribution in [0.5, 0.6) is 11.5 Å². The summed E-state index contributed by atoms with van der Waals surface area (Å²) in [5, 5.41) is 6.00. The van der Waals surface area contributed by atoms with Crippen molar-refractivity contribution < 1.29 is 18.7 Å². The molecule has 0 unspecified atom stereocenters. The van der Waals surface area contributed by atoms with Crippen molar-refractivity contribution in [2.24, 2.45) is 0 Å². The normalized spacial score (nSPS) is 10.3. The maximum Gasteiger partial charge on any atom is 0.228 e. The lowest BCUT2D eigenvalue weighted by molar-refractivity contribution is -0.115. The highest BCUT2D eigenvalue weighted by molar-refractivity contribution is 5.92. The zero-order valence-electron chi connectivity index (χ0n) is 16.2. The van der Waals surface area contributed by atoms with Gasteiger partial charge in [0.05, 0.1) is 32.5 Å². The Kier molecular flexibility index (Phi) is 6.63. The molecule has 7 heteroatoms. The van der Waals surface area contributed by atoms with Crippen molar-refractivity contribution in [1.29, 1.82) is 0 Å². The molecule has 0 bridgehead atoms. The van der Waals surface area contributed by atoms with Gasteiger partial charge >= 0.3 is 0 Å². The van der Waals surface area contributed by atoms with Crippen molar-refractivity contribution in [1.82, 2.24) is 4.98 Å². The number of benzene rings is 2. The highest BCUT2D eigenvalue weighted by Gasteiger charge is 2.07. The third-order valence-corrected chi connectivity index (χ3v) is 4.25. The van der Waals surface area contributed by atoms with Gasteiger partial charge in [-0.25, -0.2) is 9.37 Å². The topological polar surface area (TPSA) is 72.5 Å². The summed E-state index contributed by atoms with van der Waals surface area (Å²) in [6, 6.07) is 15.1. The van der Waals surface area contributed by atoms with Crippen LogP contribution in [0, 0.1) is 5.82 Å². The number of rotatable bonds is 8. The third kappa shape index (κ3) is 5.68. The number of pyridine rings is 1. The first-order valence-corrected chi connectivity index (χ1v) is 9.02. The Balaban J connectivity index is 1.53. The van der Waals surface area contributed by atoms with E-state index >= 15 is 0 Å². The molecular weight excluding hydrogens is 373 g/mol. The number of hydrogen-bond acceptors (Lipinski definition) is 5. The number of aromatic nitrogens is 1. The number of ether oxygens (including phenoxy) is 2. The number of hydrogen-bond donors (Lipinski definition) is 2. The monoisotopic (exact) mass is 395 g/mol. The molecule has 0 atom stereocenters. The maximum atomic E-state index is 12.9. The van der Waals surface area contributed by atoms with Crippen molar-refractivity contribution in [3.05, 3.63) is 77.7 Å². The van der Waals surface area contributed by atoms with Gasteiger partial charge in [0, 0.05) is 6.54 Å². The number of carbonyl (C=O) groups excluding carboxylic acids is 1. The quantitative estimate of drug-likeness (QED) is 0.603. The molecule has 0 aliphatic heterocycles. The minimum atomic E-state index is -0.325. The second kappa shape index (κ2) is 9.54. The van der Waals surface area contributed by atoms with Crippen LogP contribution in [0.25, 0.3) is 0 Å². The molecule has 0 spiro atoms. The van der Waals surface area contributed by atoms with E-state index in [2.05, 4.69) is 15.6 Å². The molecule has 3 rings (SSSR count). The van der Waals surface area contributed by atoms with Gasteiger partial charge in [-0.05, 0) is 47.5 Å². The van der Waals surface area contributed by atoms with Crippen molar-refractivity contribution in [3.63, 3.8) is 0 Å². The number of nitrogens with zero attached hydrogens (tertiary/aromatic N) is 1. The Bertz CT molecular complexity index is 960. The van der Waals surface area contributed by atoms with Crippen molar-refractivity contribution in [2.75, 3.05) is 24.9 Å². The minimum Gasteiger partial charge on any atom is -0.493 e.